The van der Waals surface area contributed by atoms with Crippen LogP contribution in [-0.2, 0) is 4.74 Å². The minimum absolute atomic E-state index is 0.489. The number of rotatable bonds is 2. The quantitative estimate of drug-likeness (QED) is 0.809. The standard InChI is InChI=1S/C14H18FNO2/c15-12-9-5-2-6-10-13(12)18-14(17)16-11-7-3-1-4-8-11/h1,3-4,7-8,12-13H,2,5-6,9-10H2,(H,16,17)/t12-,13-/m0/s1. The van der Waals surface area contributed by atoms with Crippen molar-refractivity contribution in [2.75, 3.05) is 5.32 Å². The highest BCUT2D eigenvalue weighted by Gasteiger charge is 2.26. The molecule has 1 N–H and O–H groups in total. The number of anilines is 1. The predicted octanol–water partition coefficient (Wildman–Crippen LogP) is 3.91. The van der Waals surface area contributed by atoms with E-state index in [2.05, 4.69) is 5.32 Å². The first-order valence-electron chi connectivity index (χ1n) is 6.42. The maximum absolute atomic E-state index is 13.7. The van der Waals surface area contributed by atoms with Gasteiger partial charge in [-0.1, -0.05) is 31.0 Å². The molecule has 1 aromatic carbocycles. The summed E-state index contributed by atoms with van der Waals surface area (Å²) < 4.78 is 18.9. The van der Waals surface area contributed by atoms with Crippen LogP contribution in [0.3, 0.4) is 0 Å². The van der Waals surface area contributed by atoms with Crippen LogP contribution in [0.5, 0.6) is 0 Å². The molecule has 1 fully saturated rings. The van der Waals surface area contributed by atoms with E-state index in [1.165, 1.54) is 0 Å². The number of ether oxygens (including phenoxy) is 1. The molecule has 1 aliphatic rings. The van der Waals surface area contributed by atoms with E-state index in [0.29, 0.717) is 18.5 Å². The first-order valence-corrected chi connectivity index (χ1v) is 6.42. The van der Waals surface area contributed by atoms with Gasteiger partial charge in [0.1, 0.15) is 12.3 Å². The van der Waals surface area contributed by atoms with Crippen molar-refractivity contribution in [3.8, 4) is 0 Å². The molecule has 0 radical (unpaired) electrons. The first kappa shape index (κ1) is 12.9. The van der Waals surface area contributed by atoms with Gasteiger partial charge in [0, 0.05) is 5.69 Å². The number of benzene rings is 1. The van der Waals surface area contributed by atoms with Gasteiger partial charge in [-0.05, 0) is 31.4 Å². The molecule has 1 saturated carbocycles. The number of carbonyl (C=O) groups excluding carboxylic acids is 1. The Kier molecular flexibility index (Phi) is 4.56. The number of carbonyl (C=O) groups is 1. The van der Waals surface area contributed by atoms with Gasteiger partial charge in [0.05, 0.1) is 0 Å². The fourth-order valence-corrected chi connectivity index (χ4v) is 2.17. The second-order valence-electron chi connectivity index (χ2n) is 4.59. The van der Waals surface area contributed by atoms with Crippen molar-refractivity contribution >= 4 is 11.8 Å². The minimum Gasteiger partial charge on any atom is -0.443 e. The van der Waals surface area contributed by atoms with E-state index in [-0.39, 0.29) is 0 Å². The molecule has 2 atom stereocenters. The van der Waals surface area contributed by atoms with Gasteiger partial charge in [-0.25, -0.2) is 9.18 Å². The van der Waals surface area contributed by atoms with Crippen LogP contribution in [0.2, 0.25) is 0 Å². The zero-order valence-electron chi connectivity index (χ0n) is 10.3. The lowest BCUT2D eigenvalue weighted by Crippen LogP contribution is -2.29. The summed E-state index contributed by atoms with van der Waals surface area (Å²) in [5, 5.41) is 2.60. The van der Waals surface area contributed by atoms with Crippen molar-refractivity contribution in [2.45, 2.75) is 44.4 Å². The van der Waals surface area contributed by atoms with Crippen molar-refractivity contribution in [2.24, 2.45) is 0 Å². The molecule has 4 heteroatoms. The number of para-hydroxylation sites is 1. The molecule has 0 bridgehead atoms. The molecule has 0 heterocycles. The number of nitrogens with one attached hydrogen (secondary N) is 1. The van der Waals surface area contributed by atoms with Gasteiger partial charge in [-0.3, -0.25) is 5.32 Å². The third-order valence-electron chi connectivity index (χ3n) is 3.15. The lowest BCUT2D eigenvalue weighted by atomic mass is 10.1. The molecular formula is C14H18FNO2. The van der Waals surface area contributed by atoms with Gasteiger partial charge in [0.2, 0.25) is 0 Å². The van der Waals surface area contributed by atoms with Crippen LogP contribution in [0.4, 0.5) is 14.9 Å². The molecule has 0 aromatic heterocycles. The summed E-state index contributed by atoms with van der Waals surface area (Å²) in [7, 11) is 0. The third kappa shape index (κ3) is 3.72. The molecule has 0 spiro atoms. The van der Waals surface area contributed by atoms with Crippen molar-refractivity contribution in [3.63, 3.8) is 0 Å². The summed E-state index contributed by atoms with van der Waals surface area (Å²) >= 11 is 0. The topological polar surface area (TPSA) is 38.3 Å². The van der Waals surface area contributed by atoms with Crippen LogP contribution in [0.15, 0.2) is 30.3 Å². The van der Waals surface area contributed by atoms with Crippen LogP contribution < -0.4 is 5.32 Å². The summed E-state index contributed by atoms with van der Waals surface area (Å²) in [5.74, 6) is 0. The van der Waals surface area contributed by atoms with E-state index in [0.717, 1.165) is 19.3 Å². The Labute approximate surface area is 106 Å². The predicted molar refractivity (Wildman–Crippen MR) is 68.3 cm³/mol. The highest BCUT2D eigenvalue weighted by Crippen LogP contribution is 2.23. The normalized spacial score (nSPS) is 24.1. The zero-order valence-corrected chi connectivity index (χ0v) is 10.3. The lowest BCUT2D eigenvalue weighted by Gasteiger charge is -2.19. The number of hydrogen-bond acceptors (Lipinski definition) is 2. The molecule has 3 nitrogen and oxygen atoms in total. The van der Waals surface area contributed by atoms with Crippen molar-refractivity contribution in [1.29, 1.82) is 0 Å². The van der Waals surface area contributed by atoms with E-state index >= 15 is 0 Å². The summed E-state index contributed by atoms with van der Waals surface area (Å²) in [4.78, 5) is 11.6. The van der Waals surface area contributed by atoms with E-state index in [4.69, 9.17) is 4.74 Å². The third-order valence-corrected chi connectivity index (χ3v) is 3.15. The van der Waals surface area contributed by atoms with Crippen molar-refractivity contribution in [3.05, 3.63) is 30.3 Å². The van der Waals surface area contributed by atoms with Gasteiger partial charge < -0.3 is 4.74 Å². The first-order chi connectivity index (χ1) is 8.75. The van der Waals surface area contributed by atoms with E-state index in [1.807, 2.05) is 18.2 Å². The minimum atomic E-state index is -1.03. The van der Waals surface area contributed by atoms with Gasteiger partial charge in [-0.2, -0.15) is 0 Å². The maximum atomic E-state index is 13.7. The van der Waals surface area contributed by atoms with E-state index in [1.54, 1.807) is 12.1 Å². The summed E-state index contributed by atoms with van der Waals surface area (Å²) in [5.41, 5.74) is 0.659. The van der Waals surface area contributed by atoms with Gasteiger partial charge in [0.15, 0.2) is 0 Å². The Morgan fingerprint density at radius 1 is 1.17 bits per heavy atom. The molecule has 0 aliphatic heterocycles. The number of alkyl halides is 1. The van der Waals surface area contributed by atoms with E-state index < -0.39 is 18.4 Å². The monoisotopic (exact) mass is 251 g/mol. The second-order valence-corrected chi connectivity index (χ2v) is 4.59. The van der Waals surface area contributed by atoms with Crippen LogP contribution in [0, 0.1) is 0 Å². The molecule has 1 aromatic rings. The molecular weight excluding hydrogens is 233 g/mol. The van der Waals surface area contributed by atoms with Crippen LogP contribution >= 0.6 is 0 Å². The fourth-order valence-electron chi connectivity index (χ4n) is 2.17. The van der Waals surface area contributed by atoms with Crippen molar-refractivity contribution in [1.82, 2.24) is 0 Å². The molecule has 98 valence electrons. The molecule has 18 heavy (non-hydrogen) atoms. The zero-order chi connectivity index (χ0) is 12.8. The summed E-state index contributed by atoms with van der Waals surface area (Å²) in [6, 6.07) is 9.03. The largest absolute Gasteiger partial charge is 0.443 e. The highest BCUT2D eigenvalue weighted by atomic mass is 19.1. The smallest absolute Gasteiger partial charge is 0.411 e. The molecule has 0 saturated heterocycles. The molecule has 0 unspecified atom stereocenters. The van der Waals surface area contributed by atoms with E-state index in [9.17, 15) is 9.18 Å². The average molecular weight is 251 g/mol. The molecule has 1 amide bonds. The van der Waals surface area contributed by atoms with Gasteiger partial charge in [0.25, 0.3) is 0 Å². The average Bonchev–Trinajstić information content (AvgIpc) is 2.56. The Hall–Kier alpha value is -1.58. The fraction of sp³-hybridized carbons (Fsp3) is 0.500. The Balaban J connectivity index is 1.86. The Morgan fingerprint density at radius 3 is 2.67 bits per heavy atom. The van der Waals surface area contributed by atoms with Crippen LogP contribution in [0.25, 0.3) is 0 Å². The summed E-state index contributed by atoms with van der Waals surface area (Å²) in [6.07, 6.45) is 1.71. The highest BCUT2D eigenvalue weighted by molar-refractivity contribution is 5.84. The number of halogens is 1. The molecule has 2 rings (SSSR count). The SMILES string of the molecule is O=C(Nc1ccccc1)O[C@H]1CCCCC[C@@H]1F. The maximum Gasteiger partial charge on any atom is 0.411 e. The number of amides is 1. The van der Waals surface area contributed by atoms with Crippen LogP contribution in [0.1, 0.15) is 32.1 Å². The number of hydrogen-bond donors (Lipinski definition) is 1. The van der Waals surface area contributed by atoms with Crippen LogP contribution in [-0.4, -0.2) is 18.4 Å². The Bertz CT molecular complexity index is 383. The van der Waals surface area contributed by atoms with Crippen molar-refractivity contribution < 1.29 is 13.9 Å². The molecule has 1 aliphatic carbocycles. The Morgan fingerprint density at radius 2 is 1.89 bits per heavy atom. The van der Waals surface area contributed by atoms with Gasteiger partial charge in [-0.15, -0.1) is 0 Å². The second kappa shape index (κ2) is 6.38. The van der Waals surface area contributed by atoms with Gasteiger partial charge >= 0.3 is 6.09 Å². The summed E-state index contributed by atoms with van der Waals surface area (Å²) in [6.45, 7) is 0. The lowest BCUT2D eigenvalue weighted by molar-refractivity contribution is 0.0486.